The third-order valence-electron chi connectivity index (χ3n) is 3.98. The first-order chi connectivity index (χ1) is 11.4. The SMILES string of the molecule is COc1cccc(C(=O)NC(C)C(C)C(=O)c2ccc(Cl)cc2)c1. The van der Waals surface area contributed by atoms with Crippen LogP contribution in [0.1, 0.15) is 34.6 Å². The standard InChI is InChI=1S/C19H20ClNO3/c1-12(18(22)14-7-9-16(20)10-8-14)13(2)21-19(23)15-5-4-6-17(11-15)24-3/h4-13H,1-3H3,(H,21,23). The van der Waals surface area contributed by atoms with Crippen LogP contribution in [0, 0.1) is 5.92 Å². The van der Waals surface area contributed by atoms with Gasteiger partial charge in [0.1, 0.15) is 5.75 Å². The largest absolute Gasteiger partial charge is 0.497 e. The topological polar surface area (TPSA) is 55.4 Å². The van der Waals surface area contributed by atoms with E-state index in [0.29, 0.717) is 21.9 Å². The first kappa shape index (κ1) is 18.0. The number of halogens is 1. The number of ether oxygens (including phenoxy) is 1. The quantitative estimate of drug-likeness (QED) is 0.805. The zero-order valence-electron chi connectivity index (χ0n) is 13.9. The van der Waals surface area contributed by atoms with Gasteiger partial charge in [0.25, 0.3) is 5.91 Å². The minimum atomic E-state index is -0.360. The van der Waals surface area contributed by atoms with E-state index in [1.54, 1.807) is 62.6 Å². The van der Waals surface area contributed by atoms with Crippen LogP contribution in [0.5, 0.6) is 5.75 Å². The number of hydrogen-bond acceptors (Lipinski definition) is 3. The summed E-state index contributed by atoms with van der Waals surface area (Å²) in [4.78, 5) is 24.8. The molecule has 0 fully saturated rings. The number of amides is 1. The van der Waals surface area contributed by atoms with E-state index in [2.05, 4.69) is 5.32 Å². The lowest BCUT2D eigenvalue weighted by Gasteiger charge is -2.20. The molecule has 1 amide bonds. The summed E-state index contributed by atoms with van der Waals surface area (Å²) in [5, 5.41) is 3.45. The Morgan fingerprint density at radius 3 is 2.33 bits per heavy atom. The molecule has 0 aliphatic carbocycles. The van der Waals surface area contributed by atoms with E-state index < -0.39 is 0 Å². The monoisotopic (exact) mass is 345 g/mol. The average molecular weight is 346 g/mol. The Hall–Kier alpha value is -2.33. The van der Waals surface area contributed by atoms with Crippen molar-refractivity contribution in [2.24, 2.45) is 5.92 Å². The summed E-state index contributed by atoms with van der Waals surface area (Å²) in [6.45, 7) is 3.62. The fourth-order valence-electron chi connectivity index (χ4n) is 2.28. The van der Waals surface area contributed by atoms with Crippen molar-refractivity contribution in [3.63, 3.8) is 0 Å². The molecule has 0 saturated heterocycles. The van der Waals surface area contributed by atoms with Crippen molar-refractivity contribution in [1.29, 1.82) is 0 Å². The number of nitrogens with one attached hydrogen (secondary N) is 1. The van der Waals surface area contributed by atoms with Crippen molar-refractivity contribution in [1.82, 2.24) is 5.32 Å². The molecule has 0 heterocycles. The summed E-state index contributed by atoms with van der Waals surface area (Å²) in [5.74, 6) is -0.0245. The third-order valence-corrected chi connectivity index (χ3v) is 4.23. The first-order valence-corrected chi connectivity index (χ1v) is 8.05. The van der Waals surface area contributed by atoms with E-state index in [9.17, 15) is 9.59 Å². The van der Waals surface area contributed by atoms with Gasteiger partial charge in [-0.15, -0.1) is 0 Å². The molecule has 0 bridgehead atoms. The zero-order valence-corrected chi connectivity index (χ0v) is 14.6. The molecule has 0 aliphatic heterocycles. The summed E-state index contributed by atoms with van der Waals surface area (Å²) in [5.41, 5.74) is 1.07. The van der Waals surface area contributed by atoms with Crippen molar-refractivity contribution in [2.45, 2.75) is 19.9 Å². The number of carbonyl (C=O) groups excluding carboxylic acids is 2. The second-order valence-electron chi connectivity index (χ2n) is 5.65. The highest BCUT2D eigenvalue weighted by Gasteiger charge is 2.23. The number of rotatable bonds is 6. The fraction of sp³-hybridized carbons (Fsp3) is 0.263. The summed E-state index contributed by atoms with van der Waals surface area (Å²) < 4.78 is 5.12. The van der Waals surface area contributed by atoms with Crippen LogP contribution < -0.4 is 10.1 Å². The second kappa shape index (κ2) is 7.97. The van der Waals surface area contributed by atoms with Gasteiger partial charge in [-0.2, -0.15) is 0 Å². The van der Waals surface area contributed by atoms with Crippen LogP contribution in [-0.4, -0.2) is 24.8 Å². The van der Waals surface area contributed by atoms with Gasteiger partial charge in [-0.1, -0.05) is 24.6 Å². The molecule has 1 N–H and O–H groups in total. The molecule has 24 heavy (non-hydrogen) atoms. The van der Waals surface area contributed by atoms with Gasteiger partial charge in [0.05, 0.1) is 7.11 Å². The fourth-order valence-corrected chi connectivity index (χ4v) is 2.41. The van der Waals surface area contributed by atoms with Crippen molar-refractivity contribution < 1.29 is 14.3 Å². The van der Waals surface area contributed by atoms with E-state index in [1.807, 2.05) is 6.92 Å². The molecule has 0 saturated carbocycles. The molecule has 0 radical (unpaired) electrons. The summed E-state index contributed by atoms with van der Waals surface area (Å²) in [6.07, 6.45) is 0. The number of benzene rings is 2. The van der Waals surface area contributed by atoms with Gasteiger partial charge >= 0.3 is 0 Å². The van der Waals surface area contributed by atoms with Crippen LogP contribution in [0.25, 0.3) is 0 Å². The number of carbonyl (C=O) groups is 2. The molecule has 2 aromatic carbocycles. The van der Waals surface area contributed by atoms with Crippen LogP contribution in [0.15, 0.2) is 48.5 Å². The molecular formula is C19H20ClNO3. The predicted molar refractivity (Wildman–Crippen MR) is 94.9 cm³/mol. The number of Topliss-reactive ketones (excluding diaryl/α,β-unsaturated/α-hetero) is 1. The molecule has 0 aromatic heterocycles. The van der Waals surface area contributed by atoms with E-state index in [4.69, 9.17) is 16.3 Å². The Kier molecular flexibility index (Phi) is 5.99. The van der Waals surface area contributed by atoms with Crippen LogP contribution in [0.3, 0.4) is 0 Å². The maximum atomic E-state index is 12.5. The molecule has 0 aliphatic rings. The third kappa shape index (κ3) is 4.36. The molecular weight excluding hydrogens is 326 g/mol. The molecule has 5 heteroatoms. The van der Waals surface area contributed by atoms with Crippen molar-refractivity contribution in [3.05, 3.63) is 64.7 Å². The van der Waals surface area contributed by atoms with E-state index in [0.717, 1.165) is 0 Å². The van der Waals surface area contributed by atoms with E-state index >= 15 is 0 Å². The van der Waals surface area contributed by atoms with Gasteiger partial charge in [-0.3, -0.25) is 9.59 Å². The van der Waals surface area contributed by atoms with Gasteiger partial charge in [0, 0.05) is 28.1 Å². The van der Waals surface area contributed by atoms with Crippen molar-refractivity contribution >= 4 is 23.3 Å². The van der Waals surface area contributed by atoms with Gasteiger partial charge < -0.3 is 10.1 Å². The minimum Gasteiger partial charge on any atom is -0.497 e. The number of ketones is 1. The maximum Gasteiger partial charge on any atom is 0.251 e. The Morgan fingerprint density at radius 2 is 1.71 bits per heavy atom. The van der Waals surface area contributed by atoms with Crippen LogP contribution in [-0.2, 0) is 0 Å². The summed E-state index contributed by atoms with van der Waals surface area (Å²) in [7, 11) is 1.55. The molecule has 4 nitrogen and oxygen atoms in total. The highest BCUT2D eigenvalue weighted by atomic mass is 35.5. The predicted octanol–water partition coefficient (Wildman–Crippen LogP) is 3.99. The molecule has 2 aromatic rings. The molecule has 2 rings (SSSR count). The molecule has 2 atom stereocenters. The number of hydrogen-bond donors (Lipinski definition) is 1. The zero-order chi connectivity index (χ0) is 17.7. The van der Waals surface area contributed by atoms with Crippen molar-refractivity contribution in [3.8, 4) is 5.75 Å². The van der Waals surface area contributed by atoms with Gasteiger partial charge in [0.2, 0.25) is 0 Å². The Balaban J connectivity index is 2.04. The Morgan fingerprint density at radius 1 is 1.04 bits per heavy atom. The highest BCUT2D eigenvalue weighted by Crippen LogP contribution is 2.17. The van der Waals surface area contributed by atoms with Crippen LogP contribution >= 0.6 is 11.6 Å². The second-order valence-corrected chi connectivity index (χ2v) is 6.09. The molecule has 2 unspecified atom stereocenters. The van der Waals surface area contributed by atoms with Gasteiger partial charge in [-0.05, 0) is 49.4 Å². The van der Waals surface area contributed by atoms with Crippen LogP contribution in [0.2, 0.25) is 5.02 Å². The van der Waals surface area contributed by atoms with E-state index in [-0.39, 0.29) is 23.7 Å². The average Bonchev–Trinajstić information content (AvgIpc) is 2.61. The lowest BCUT2D eigenvalue weighted by Crippen LogP contribution is -2.40. The number of methoxy groups -OCH3 is 1. The Bertz CT molecular complexity index is 728. The maximum absolute atomic E-state index is 12.5. The highest BCUT2D eigenvalue weighted by molar-refractivity contribution is 6.30. The first-order valence-electron chi connectivity index (χ1n) is 7.67. The smallest absolute Gasteiger partial charge is 0.251 e. The molecule has 0 spiro atoms. The summed E-state index contributed by atoms with van der Waals surface area (Å²) >= 11 is 5.84. The van der Waals surface area contributed by atoms with Crippen LogP contribution in [0.4, 0.5) is 0 Å². The Labute approximate surface area is 146 Å². The summed E-state index contributed by atoms with van der Waals surface area (Å²) in [6, 6.07) is 13.3. The minimum absolute atomic E-state index is 0.0369. The van der Waals surface area contributed by atoms with Gasteiger partial charge in [-0.25, -0.2) is 0 Å². The lowest BCUT2D eigenvalue weighted by molar-refractivity contribution is 0.0868. The van der Waals surface area contributed by atoms with Gasteiger partial charge in [0.15, 0.2) is 5.78 Å². The van der Waals surface area contributed by atoms with E-state index in [1.165, 1.54) is 0 Å². The van der Waals surface area contributed by atoms with Crippen molar-refractivity contribution in [2.75, 3.05) is 7.11 Å². The molecule has 126 valence electrons. The lowest BCUT2D eigenvalue weighted by atomic mass is 9.93. The normalized spacial score (nSPS) is 13.0.